The van der Waals surface area contributed by atoms with Crippen LogP contribution in [0.15, 0.2) is 24.3 Å². The Kier molecular flexibility index (Phi) is 3.14. The molecule has 1 fully saturated rings. The lowest BCUT2D eigenvalue weighted by atomic mass is 10.1. The molecule has 94 valence electrons. The van der Waals surface area contributed by atoms with Crippen LogP contribution < -0.4 is 10.0 Å². The van der Waals surface area contributed by atoms with E-state index in [0.717, 1.165) is 11.3 Å². The summed E-state index contributed by atoms with van der Waals surface area (Å²) in [4.78, 5) is 0. The van der Waals surface area contributed by atoms with Crippen molar-refractivity contribution in [3.8, 4) is 0 Å². The zero-order valence-electron chi connectivity index (χ0n) is 10.1. The van der Waals surface area contributed by atoms with Gasteiger partial charge >= 0.3 is 0 Å². The van der Waals surface area contributed by atoms with Crippen LogP contribution in [-0.2, 0) is 10.0 Å². The van der Waals surface area contributed by atoms with E-state index in [4.69, 9.17) is 5.73 Å². The Bertz CT molecular complexity index is 494. The van der Waals surface area contributed by atoms with Crippen molar-refractivity contribution in [1.82, 2.24) is 0 Å². The van der Waals surface area contributed by atoms with Gasteiger partial charge in [-0.05, 0) is 30.5 Å². The van der Waals surface area contributed by atoms with E-state index >= 15 is 0 Å². The molecule has 1 aliphatic rings. The van der Waals surface area contributed by atoms with Crippen molar-refractivity contribution in [3.63, 3.8) is 0 Å². The SMILES string of the molecule is C[C@@H]1CN(c2ccc([C@H](C)N)cc2)S(=O)(=O)C1. The Morgan fingerprint density at radius 3 is 2.35 bits per heavy atom. The van der Waals surface area contributed by atoms with Crippen LogP contribution in [-0.4, -0.2) is 20.7 Å². The summed E-state index contributed by atoms with van der Waals surface area (Å²) in [5.41, 5.74) is 7.51. The number of hydrogen-bond donors (Lipinski definition) is 1. The quantitative estimate of drug-likeness (QED) is 0.869. The van der Waals surface area contributed by atoms with Crippen LogP contribution in [0.5, 0.6) is 0 Å². The van der Waals surface area contributed by atoms with Gasteiger partial charge < -0.3 is 5.73 Å². The molecule has 5 heteroatoms. The fourth-order valence-electron chi connectivity index (χ4n) is 2.11. The minimum Gasteiger partial charge on any atom is -0.324 e. The van der Waals surface area contributed by atoms with Gasteiger partial charge in [0.25, 0.3) is 0 Å². The maximum atomic E-state index is 11.9. The minimum atomic E-state index is -3.12. The third kappa shape index (κ3) is 2.45. The maximum Gasteiger partial charge on any atom is 0.235 e. The fraction of sp³-hybridized carbons (Fsp3) is 0.500. The van der Waals surface area contributed by atoms with Gasteiger partial charge in [0.05, 0.1) is 11.4 Å². The molecule has 2 atom stereocenters. The molecular formula is C12H18N2O2S. The van der Waals surface area contributed by atoms with Crippen LogP contribution in [0.25, 0.3) is 0 Å². The average Bonchev–Trinajstić information content (AvgIpc) is 2.52. The summed E-state index contributed by atoms with van der Waals surface area (Å²) in [5, 5.41) is 0. The van der Waals surface area contributed by atoms with Crippen molar-refractivity contribution < 1.29 is 8.42 Å². The van der Waals surface area contributed by atoms with E-state index in [0.29, 0.717) is 6.54 Å². The highest BCUT2D eigenvalue weighted by molar-refractivity contribution is 7.93. The van der Waals surface area contributed by atoms with Gasteiger partial charge in [-0.1, -0.05) is 19.1 Å². The Morgan fingerprint density at radius 1 is 1.35 bits per heavy atom. The van der Waals surface area contributed by atoms with Crippen molar-refractivity contribution in [2.45, 2.75) is 19.9 Å². The Labute approximate surface area is 102 Å². The van der Waals surface area contributed by atoms with Crippen molar-refractivity contribution in [2.24, 2.45) is 11.7 Å². The van der Waals surface area contributed by atoms with Gasteiger partial charge in [-0.25, -0.2) is 8.42 Å². The summed E-state index contributed by atoms with van der Waals surface area (Å²) in [6.45, 7) is 4.43. The van der Waals surface area contributed by atoms with Crippen LogP contribution >= 0.6 is 0 Å². The number of hydrogen-bond acceptors (Lipinski definition) is 3. The van der Waals surface area contributed by atoms with E-state index < -0.39 is 10.0 Å². The molecule has 0 amide bonds. The molecule has 17 heavy (non-hydrogen) atoms. The maximum absolute atomic E-state index is 11.9. The smallest absolute Gasteiger partial charge is 0.235 e. The summed E-state index contributed by atoms with van der Waals surface area (Å²) < 4.78 is 25.3. The highest BCUT2D eigenvalue weighted by Crippen LogP contribution is 2.27. The summed E-state index contributed by atoms with van der Waals surface area (Å²) in [6.07, 6.45) is 0. The number of nitrogens with two attached hydrogens (primary N) is 1. The molecule has 1 aliphatic heterocycles. The molecule has 2 N–H and O–H groups in total. The topological polar surface area (TPSA) is 63.4 Å². The Balaban J connectivity index is 2.29. The molecule has 1 saturated heterocycles. The fourth-order valence-corrected chi connectivity index (χ4v) is 4.04. The lowest BCUT2D eigenvalue weighted by Crippen LogP contribution is -2.25. The first-order valence-electron chi connectivity index (χ1n) is 5.76. The number of benzene rings is 1. The van der Waals surface area contributed by atoms with E-state index in [1.807, 2.05) is 38.1 Å². The molecule has 1 aromatic carbocycles. The minimum absolute atomic E-state index is 0.0295. The van der Waals surface area contributed by atoms with Crippen LogP contribution in [0.4, 0.5) is 5.69 Å². The van der Waals surface area contributed by atoms with E-state index in [-0.39, 0.29) is 17.7 Å². The Morgan fingerprint density at radius 2 is 1.94 bits per heavy atom. The lowest BCUT2D eigenvalue weighted by Gasteiger charge is -2.17. The first kappa shape index (κ1) is 12.4. The van der Waals surface area contributed by atoms with Crippen LogP contribution in [0.1, 0.15) is 25.5 Å². The molecule has 2 rings (SSSR count). The second-order valence-corrected chi connectivity index (χ2v) is 6.73. The first-order chi connectivity index (χ1) is 7.90. The number of sulfonamides is 1. The predicted octanol–water partition coefficient (Wildman–Crippen LogP) is 1.49. The van der Waals surface area contributed by atoms with Gasteiger partial charge in [0.2, 0.25) is 10.0 Å². The van der Waals surface area contributed by atoms with Gasteiger partial charge in [0, 0.05) is 12.6 Å². The summed E-state index contributed by atoms with van der Waals surface area (Å²) in [7, 11) is -3.12. The molecule has 0 aliphatic carbocycles. The van der Waals surface area contributed by atoms with Gasteiger partial charge in [-0.3, -0.25) is 4.31 Å². The largest absolute Gasteiger partial charge is 0.324 e. The zero-order chi connectivity index (χ0) is 12.6. The standard InChI is InChI=1S/C12H18N2O2S/c1-9-7-14(17(15,16)8-9)12-5-3-11(4-6-12)10(2)13/h3-6,9-10H,7-8,13H2,1-2H3/t9-,10+/m1/s1. The van der Waals surface area contributed by atoms with Crippen LogP contribution in [0.2, 0.25) is 0 Å². The molecule has 0 spiro atoms. The number of rotatable bonds is 2. The highest BCUT2D eigenvalue weighted by atomic mass is 32.2. The molecule has 0 saturated carbocycles. The van der Waals surface area contributed by atoms with Gasteiger partial charge in [0.15, 0.2) is 0 Å². The summed E-state index contributed by atoms with van der Waals surface area (Å²) in [6, 6.07) is 7.40. The summed E-state index contributed by atoms with van der Waals surface area (Å²) in [5.74, 6) is 0.426. The first-order valence-corrected chi connectivity index (χ1v) is 7.37. The molecule has 0 unspecified atom stereocenters. The monoisotopic (exact) mass is 254 g/mol. The second-order valence-electron chi connectivity index (χ2n) is 4.80. The number of nitrogens with zero attached hydrogens (tertiary/aromatic N) is 1. The average molecular weight is 254 g/mol. The zero-order valence-corrected chi connectivity index (χ0v) is 10.9. The molecule has 0 bridgehead atoms. The van der Waals surface area contributed by atoms with E-state index in [1.54, 1.807) is 0 Å². The van der Waals surface area contributed by atoms with Crippen molar-refractivity contribution >= 4 is 15.7 Å². The van der Waals surface area contributed by atoms with Gasteiger partial charge in [-0.15, -0.1) is 0 Å². The second kappa shape index (κ2) is 4.31. The van der Waals surface area contributed by atoms with Crippen molar-refractivity contribution in [3.05, 3.63) is 29.8 Å². The van der Waals surface area contributed by atoms with E-state index in [2.05, 4.69) is 0 Å². The molecule has 1 aromatic rings. The molecule has 0 aromatic heterocycles. The molecule has 0 radical (unpaired) electrons. The number of anilines is 1. The molecular weight excluding hydrogens is 236 g/mol. The normalized spacial score (nSPS) is 24.9. The van der Waals surface area contributed by atoms with Crippen LogP contribution in [0, 0.1) is 5.92 Å². The van der Waals surface area contributed by atoms with Gasteiger partial charge in [-0.2, -0.15) is 0 Å². The van der Waals surface area contributed by atoms with E-state index in [1.165, 1.54) is 4.31 Å². The van der Waals surface area contributed by atoms with E-state index in [9.17, 15) is 8.42 Å². The third-order valence-corrected chi connectivity index (χ3v) is 5.04. The molecule has 4 nitrogen and oxygen atoms in total. The van der Waals surface area contributed by atoms with Crippen LogP contribution in [0.3, 0.4) is 0 Å². The third-order valence-electron chi connectivity index (χ3n) is 3.02. The van der Waals surface area contributed by atoms with Crippen molar-refractivity contribution in [1.29, 1.82) is 0 Å². The highest BCUT2D eigenvalue weighted by Gasteiger charge is 2.33. The van der Waals surface area contributed by atoms with Gasteiger partial charge in [0.1, 0.15) is 0 Å². The van der Waals surface area contributed by atoms with Crippen molar-refractivity contribution in [2.75, 3.05) is 16.6 Å². The lowest BCUT2D eigenvalue weighted by molar-refractivity contribution is 0.598. The predicted molar refractivity (Wildman–Crippen MR) is 69.3 cm³/mol. The Hall–Kier alpha value is -1.07. The molecule has 1 heterocycles. The summed E-state index contributed by atoms with van der Waals surface area (Å²) >= 11 is 0.